The molecule has 0 atom stereocenters. The largest absolute Gasteiger partial charge is 0.497 e. The maximum atomic E-state index is 10.1. The third-order valence-corrected chi connectivity index (χ3v) is 6.35. The number of thioether (sulfide) groups is 1. The Kier molecular flexibility index (Phi) is 6.55. The first-order chi connectivity index (χ1) is 17.2. The molecule has 0 saturated carbocycles. The van der Waals surface area contributed by atoms with E-state index in [0.29, 0.717) is 28.1 Å². The molecule has 2 heterocycles. The molecule has 6 nitrogen and oxygen atoms in total. The van der Waals surface area contributed by atoms with Crippen LogP contribution in [0.5, 0.6) is 5.75 Å². The Morgan fingerprint density at radius 1 is 0.857 bits per heavy atom. The van der Waals surface area contributed by atoms with Gasteiger partial charge in [-0.3, -0.25) is 0 Å². The molecule has 0 spiro atoms. The molecule has 0 amide bonds. The second kappa shape index (κ2) is 10.2. The van der Waals surface area contributed by atoms with E-state index in [1.165, 1.54) is 11.8 Å². The molecule has 7 heteroatoms. The van der Waals surface area contributed by atoms with Gasteiger partial charge in [0.05, 0.1) is 24.1 Å². The van der Waals surface area contributed by atoms with Crippen molar-refractivity contribution in [3.8, 4) is 45.7 Å². The fourth-order valence-corrected chi connectivity index (χ4v) is 4.47. The molecule has 0 bridgehead atoms. The van der Waals surface area contributed by atoms with Gasteiger partial charge >= 0.3 is 0 Å². The number of methoxy groups -OCH3 is 1. The van der Waals surface area contributed by atoms with Crippen LogP contribution >= 0.6 is 11.8 Å². The van der Waals surface area contributed by atoms with Crippen LogP contribution < -0.4 is 4.74 Å². The highest BCUT2D eigenvalue weighted by Gasteiger charge is 2.17. The van der Waals surface area contributed by atoms with Crippen molar-refractivity contribution in [3.05, 3.63) is 102 Å². The Morgan fingerprint density at radius 2 is 1.54 bits per heavy atom. The Labute approximate surface area is 207 Å². The van der Waals surface area contributed by atoms with Crippen molar-refractivity contribution in [1.29, 1.82) is 5.26 Å². The van der Waals surface area contributed by atoms with Gasteiger partial charge in [0.2, 0.25) is 11.8 Å². The van der Waals surface area contributed by atoms with Crippen LogP contribution in [0.2, 0.25) is 0 Å². The van der Waals surface area contributed by atoms with Crippen molar-refractivity contribution in [2.45, 2.75) is 10.8 Å². The van der Waals surface area contributed by atoms with Gasteiger partial charge in [0, 0.05) is 16.7 Å². The number of rotatable bonds is 7. The van der Waals surface area contributed by atoms with Crippen LogP contribution in [0.1, 0.15) is 11.5 Å². The Morgan fingerprint density at radius 3 is 2.20 bits per heavy atom. The molecule has 2 aromatic heterocycles. The quantitative estimate of drug-likeness (QED) is 0.243. The van der Waals surface area contributed by atoms with E-state index < -0.39 is 0 Å². The first-order valence-corrected chi connectivity index (χ1v) is 11.9. The molecule has 3 aromatic carbocycles. The molecule has 0 aliphatic rings. The van der Waals surface area contributed by atoms with Gasteiger partial charge in [-0.2, -0.15) is 5.26 Å². The van der Waals surface area contributed by atoms with Crippen molar-refractivity contribution in [2.24, 2.45) is 0 Å². The van der Waals surface area contributed by atoms with Gasteiger partial charge in [0.25, 0.3) is 0 Å². The Hall–Kier alpha value is -4.41. The SMILES string of the molecule is COc1ccc(-c2cc(-c3ccccc3)c(C#N)c(SCc3nnc(-c4ccccc4)o3)n2)cc1. The number of nitrogens with zero attached hydrogens (tertiary/aromatic N) is 4. The van der Waals surface area contributed by atoms with Crippen LogP contribution in [0.15, 0.2) is 100 Å². The molecule has 0 N–H and O–H groups in total. The molecule has 0 aliphatic carbocycles. The maximum absolute atomic E-state index is 10.1. The lowest BCUT2D eigenvalue weighted by Crippen LogP contribution is -1.96. The van der Waals surface area contributed by atoms with Crippen molar-refractivity contribution < 1.29 is 9.15 Å². The molecule has 5 aromatic rings. The molecule has 0 saturated heterocycles. The smallest absolute Gasteiger partial charge is 0.247 e. The summed E-state index contributed by atoms with van der Waals surface area (Å²) in [4.78, 5) is 4.85. The van der Waals surface area contributed by atoms with Gasteiger partial charge in [-0.1, -0.05) is 60.3 Å². The minimum Gasteiger partial charge on any atom is -0.497 e. The standard InChI is InChI=1S/C28H20N4O2S/c1-33-22-14-12-20(13-15-22)25-16-23(19-8-4-2-5-9-19)24(17-29)28(30-25)35-18-26-31-32-27(34-26)21-10-6-3-7-11-21/h2-16H,18H2,1H3. The molecule has 170 valence electrons. The third-order valence-electron chi connectivity index (χ3n) is 5.39. The lowest BCUT2D eigenvalue weighted by Gasteiger charge is -2.12. The zero-order chi connectivity index (χ0) is 24.0. The third kappa shape index (κ3) is 4.93. The van der Waals surface area contributed by atoms with Gasteiger partial charge in [-0.25, -0.2) is 4.98 Å². The first-order valence-electron chi connectivity index (χ1n) is 10.9. The molecule has 0 aliphatic heterocycles. The molecule has 35 heavy (non-hydrogen) atoms. The number of benzene rings is 3. The molecule has 0 radical (unpaired) electrons. The lowest BCUT2D eigenvalue weighted by atomic mass is 9.99. The van der Waals surface area contributed by atoms with E-state index in [0.717, 1.165) is 33.7 Å². The van der Waals surface area contributed by atoms with Crippen molar-refractivity contribution in [1.82, 2.24) is 15.2 Å². The molecule has 0 unspecified atom stereocenters. The average molecular weight is 477 g/mol. The van der Waals surface area contributed by atoms with Gasteiger partial charge < -0.3 is 9.15 Å². The normalized spacial score (nSPS) is 10.6. The topological polar surface area (TPSA) is 84.8 Å². The maximum Gasteiger partial charge on any atom is 0.247 e. The van der Waals surface area contributed by atoms with Crippen LogP contribution in [0.3, 0.4) is 0 Å². The van der Waals surface area contributed by atoms with E-state index in [1.54, 1.807) is 7.11 Å². The highest BCUT2D eigenvalue weighted by atomic mass is 32.2. The van der Waals surface area contributed by atoms with E-state index in [1.807, 2.05) is 91.0 Å². The summed E-state index contributed by atoms with van der Waals surface area (Å²) < 4.78 is 11.1. The van der Waals surface area contributed by atoms with Gasteiger partial charge in [0.1, 0.15) is 16.8 Å². The minimum atomic E-state index is 0.391. The van der Waals surface area contributed by atoms with E-state index in [4.69, 9.17) is 14.1 Å². The number of hydrogen-bond acceptors (Lipinski definition) is 7. The van der Waals surface area contributed by atoms with E-state index in [-0.39, 0.29) is 0 Å². The molecular formula is C28H20N4O2S. The van der Waals surface area contributed by atoms with Crippen LogP contribution in [0.4, 0.5) is 0 Å². The van der Waals surface area contributed by atoms with Crippen molar-refractivity contribution >= 4 is 11.8 Å². The van der Waals surface area contributed by atoms with E-state index in [2.05, 4.69) is 16.3 Å². The predicted octanol–water partition coefficient (Wildman–Crippen LogP) is 6.64. The zero-order valence-electron chi connectivity index (χ0n) is 18.9. The lowest BCUT2D eigenvalue weighted by molar-refractivity contribution is 0.415. The summed E-state index contributed by atoms with van der Waals surface area (Å²) in [6, 6.07) is 31.5. The van der Waals surface area contributed by atoms with Gasteiger partial charge in [0.15, 0.2) is 0 Å². The van der Waals surface area contributed by atoms with E-state index in [9.17, 15) is 5.26 Å². The summed E-state index contributed by atoms with van der Waals surface area (Å²) in [5, 5.41) is 19.0. The summed E-state index contributed by atoms with van der Waals surface area (Å²) in [6.45, 7) is 0. The second-order valence-corrected chi connectivity index (χ2v) is 8.56. The fraction of sp³-hybridized carbons (Fsp3) is 0.0714. The zero-order valence-corrected chi connectivity index (χ0v) is 19.7. The van der Waals surface area contributed by atoms with Crippen molar-refractivity contribution in [2.75, 3.05) is 7.11 Å². The highest BCUT2D eigenvalue weighted by Crippen LogP contribution is 2.35. The van der Waals surface area contributed by atoms with Crippen LogP contribution in [0, 0.1) is 11.3 Å². The number of nitriles is 1. The van der Waals surface area contributed by atoms with Crippen LogP contribution in [-0.2, 0) is 5.75 Å². The summed E-state index contributed by atoms with van der Waals surface area (Å²) in [7, 11) is 1.64. The summed E-state index contributed by atoms with van der Waals surface area (Å²) in [5.74, 6) is 2.09. The summed E-state index contributed by atoms with van der Waals surface area (Å²) in [5.41, 5.74) is 4.85. The minimum absolute atomic E-state index is 0.391. The number of pyridine rings is 1. The summed E-state index contributed by atoms with van der Waals surface area (Å²) in [6.07, 6.45) is 0. The number of aromatic nitrogens is 3. The van der Waals surface area contributed by atoms with Crippen LogP contribution in [-0.4, -0.2) is 22.3 Å². The number of ether oxygens (including phenoxy) is 1. The molecule has 0 fully saturated rings. The van der Waals surface area contributed by atoms with E-state index >= 15 is 0 Å². The summed E-state index contributed by atoms with van der Waals surface area (Å²) >= 11 is 1.40. The van der Waals surface area contributed by atoms with Crippen LogP contribution in [0.25, 0.3) is 33.8 Å². The fourth-order valence-electron chi connectivity index (χ4n) is 3.63. The Balaban J connectivity index is 1.51. The molecular weight excluding hydrogens is 456 g/mol. The Bertz CT molecular complexity index is 1480. The predicted molar refractivity (Wildman–Crippen MR) is 136 cm³/mol. The van der Waals surface area contributed by atoms with Crippen molar-refractivity contribution in [3.63, 3.8) is 0 Å². The van der Waals surface area contributed by atoms with Gasteiger partial charge in [-0.15, -0.1) is 10.2 Å². The van der Waals surface area contributed by atoms with Gasteiger partial charge in [-0.05, 0) is 48.0 Å². The number of hydrogen-bond donors (Lipinski definition) is 0. The first kappa shape index (κ1) is 22.4. The average Bonchev–Trinajstić information content (AvgIpc) is 3.41. The second-order valence-electron chi connectivity index (χ2n) is 7.60. The monoisotopic (exact) mass is 476 g/mol. The highest BCUT2D eigenvalue weighted by molar-refractivity contribution is 7.98. The molecule has 5 rings (SSSR count).